The number of furan rings is 1. The largest absolute Gasteiger partial charge is 0.454 e. The Hall–Kier alpha value is -3.66. The van der Waals surface area contributed by atoms with Gasteiger partial charge in [0.2, 0.25) is 0 Å². The van der Waals surface area contributed by atoms with Gasteiger partial charge in [0.15, 0.2) is 5.58 Å². The maximum absolute atomic E-state index is 6.35. The molecule has 4 heterocycles. The van der Waals surface area contributed by atoms with Crippen LogP contribution in [-0.4, -0.2) is 14.4 Å². The molecule has 0 aliphatic heterocycles. The highest BCUT2D eigenvalue weighted by atomic mass is 16.3. The summed E-state index contributed by atoms with van der Waals surface area (Å²) in [5.74, 6) is 0. The minimum Gasteiger partial charge on any atom is -0.454 e. The summed E-state index contributed by atoms with van der Waals surface area (Å²) in [6, 6.07) is 20.6. The van der Waals surface area contributed by atoms with E-state index in [9.17, 15) is 0 Å². The van der Waals surface area contributed by atoms with Gasteiger partial charge >= 0.3 is 0 Å². The average Bonchev–Trinajstić information content (AvgIpc) is 3.27. The predicted octanol–water partition coefficient (Wildman–Crippen LogP) is 6.07. The van der Waals surface area contributed by atoms with Gasteiger partial charge in [0, 0.05) is 17.1 Å². The summed E-state index contributed by atoms with van der Waals surface area (Å²) in [6.45, 7) is 4.19. The SMILES string of the molecule is Cc1cnc(-c2cccc3c2oc2ccc4nc5ccccc5n4c23)cc1C. The number of hydrogen-bond acceptors (Lipinski definition) is 3. The van der Waals surface area contributed by atoms with Crippen molar-refractivity contribution in [2.24, 2.45) is 0 Å². The number of rotatable bonds is 1. The molecule has 0 radical (unpaired) electrons. The summed E-state index contributed by atoms with van der Waals surface area (Å²) in [7, 11) is 0. The molecule has 134 valence electrons. The maximum atomic E-state index is 6.35. The van der Waals surface area contributed by atoms with Crippen molar-refractivity contribution in [2.75, 3.05) is 0 Å². The van der Waals surface area contributed by atoms with Gasteiger partial charge in [0.05, 0.1) is 16.7 Å². The van der Waals surface area contributed by atoms with Crippen LogP contribution in [0.2, 0.25) is 0 Å². The predicted molar refractivity (Wildman–Crippen MR) is 113 cm³/mol. The molecule has 0 aliphatic carbocycles. The summed E-state index contributed by atoms with van der Waals surface area (Å²) < 4.78 is 8.53. The number of fused-ring (bicyclic) bond motifs is 7. The van der Waals surface area contributed by atoms with Crippen molar-refractivity contribution in [3.63, 3.8) is 0 Å². The van der Waals surface area contributed by atoms with Crippen molar-refractivity contribution in [3.8, 4) is 11.3 Å². The number of nitrogens with zero attached hydrogens (tertiary/aromatic N) is 3. The number of aromatic nitrogens is 3. The van der Waals surface area contributed by atoms with Crippen LogP contribution < -0.4 is 0 Å². The Balaban J connectivity index is 1.77. The van der Waals surface area contributed by atoms with Crippen molar-refractivity contribution < 1.29 is 4.42 Å². The topological polar surface area (TPSA) is 43.3 Å². The first-order chi connectivity index (χ1) is 13.7. The zero-order valence-electron chi connectivity index (χ0n) is 15.6. The van der Waals surface area contributed by atoms with E-state index >= 15 is 0 Å². The molecule has 0 N–H and O–H groups in total. The minimum absolute atomic E-state index is 0.849. The van der Waals surface area contributed by atoms with E-state index in [0.29, 0.717) is 0 Å². The molecule has 0 unspecified atom stereocenters. The molecular weight excluding hydrogens is 346 g/mol. The molecule has 0 bridgehead atoms. The van der Waals surface area contributed by atoms with Crippen molar-refractivity contribution in [3.05, 3.63) is 78.0 Å². The smallest absolute Gasteiger partial charge is 0.152 e. The van der Waals surface area contributed by atoms with E-state index in [0.717, 1.165) is 50.0 Å². The van der Waals surface area contributed by atoms with Crippen LogP contribution in [0.15, 0.2) is 71.3 Å². The average molecular weight is 363 g/mol. The summed E-state index contributed by atoms with van der Waals surface area (Å²) in [5, 5.41) is 1.07. The number of pyridine rings is 2. The molecule has 0 saturated heterocycles. The highest BCUT2D eigenvalue weighted by Crippen LogP contribution is 2.36. The second kappa shape index (κ2) is 5.42. The van der Waals surface area contributed by atoms with Crippen molar-refractivity contribution in [2.45, 2.75) is 13.8 Å². The lowest BCUT2D eigenvalue weighted by molar-refractivity contribution is 0.669. The number of benzene rings is 2. The lowest BCUT2D eigenvalue weighted by atomic mass is 10.0. The van der Waals surface area contributed by atoms with Crippen molar-refractivity contribution in [1.29, 1.82) is 0 Å². The molecule has 28 heavy (non-hydrogen) atoms. The fourth-order valence-corrected chi connectivity index (χ4v) is 3.98. The molecular formula is C24H17N3O. The summed E-state index contributed by atoms with van der Waals surface area (Å²) >= 11 is 0. The standard InChI is InChI=1S/C24H17N3O/c1-14-12-19(25-13-15(14)2)16-6-5-7-17-23-21(28-24(16)17)10-11-22-26-18-8-3-4-9-20(18)27(22)23/h3-13H,1-2H3. The van der Waals surface area contributed by atoms with E-state index in [1.54, 1.807) is 0 Å². The number of para-hydroxylation sites is 3. The number of aryl methyl sites for hydroxylation is 2. The van der Waals surface area contributed by atoms with Crippen LogP contribution in [0.1, 0.15) is 11.1 Å². The first-order valence-electron chi connectivity index (χ1n) is 9.36. The summed E-state index contributed by atoms with van der Waals surface area (Å²) in [5.41, 5.74) is 10.1. The van der Waals surface area contributed by atoms with Crippen LogP contribution in [-0.2, 0) is 0 Å². The highest BCUT2D eigenvalue weighted by molar-refractivity contribution is 6.09. The number of hydrogen-bond donors (Lipinski definition) is 0. The molecule has 6 aromatic rings. The van der Waals surface area contributed by atoms with E-state index in [1.165, 1.54) is 11.1 Å². The van der Waals surface area contributed by atoms with E-state index in [-0.39, 0.29) is 0 Å². The summed E-state index contributed by atoms with van der Waals surface area (Å²) in [4.78, 5) is 9.42. The lowest BCUT2D eigenvalue weighted by Gasteiger charge is -2.05. The van der Waals surface area contributed by atoms with Crippen molar-refractivity contribution >= 4 is 38.7 Å². The zero-order chi connectivity index (χ0) is 18.8. The quantitative estimate of drug-likeness (QED) is 0.356. The second-order valence-corrected chi connectivity index (χ2v) is 7.28. The monoisotopic (exact) mass is 363 g/mol. The number of imidazole rings is 1. The maximum Gasteiger partial charge on any atom is 0.152 e. The van der Waals surface area contributed by atoms with Crippen molar-refractivity contribution in [1.82, 2.24) is 14.4 Å². The Morgan fingerprint density at radius 1 is 0.893 bits per heavy atom. The van der Waals surface area contributed by atoms with E-state index in [1.807, 2.05) is 36.5 Å². The molecule has 4 aromatic heterocycles. The van der Waals surface area contributed by atoms with Crippen LogP contribution in [0.25, 0.3) is 50.0 Å². The summed E-state index contributed by atoms with van der Waals surface area (Å²) in [6.07, 6.45) is 1.92. The Labute approximate surface area is 161 Å². The molecule has 4 nitrogen and oxygen atoms in total. The minimum atomic E-state index is 0.849. The van der Waals surface area contributed by atoms with Crippen LogP contribution in [0, 0.1) is 13.8 Å². The highest BCUT2D eigenvalue weighted by Gasteiger charge is 2.17. The third-order valence-corrected chi connectivity index (χ3v) is 5.56. The lowest BCUT2D eigenvalue weighted by Crippen LogP contribution is -1.89. The zero-order valence-corrected chi connectivity index (χ0v) is 15.6. The van der Waals surface area contributed by atoms with Gasteiger partial charge in [0.25, 0.3) is 0 Å². The van der Waals surface area contributed by atoms with Gasteiger partial charge in [-0.05, 0) is 67.4 Å². The third-order valence-electron chi connectivity index (χ3n) is 5.56. The Morgan fingerprint density at radius 2 is 1.79 bits per heavy atom. The van der Waals surface area contributed by atoms with Gasteiger partial charge < -0.3 is 4.42 Å². The molecule has 2 aromatic carbocycles. The van der Waals surface area contributed by atoms with Gasteiger partial charge in [-0.2, -0.15) is 0 Å². The van der Waals surface area contributed by atoms with Gasteiger partial charge in [-0.15, -0.1) is 0 Å². The second-order valence-electron chi connectivity index (χ2n) is 7.28. The van der Waals surface area contributed by atoms with Crippen LogP contribution in [0.3, 0.4) is 0 Å². The molecule has 0 atom stereocenters. The van der Waals surface area contributed by atoms with Gasteiger partial charge in [0.1, 0.15) is 16.7 Å². The van der Waals surface area contributed by atoms with Gasteiger partial charge in [-0.1, -0.05) is 18.2 Å². The molecule has 4 heteroatoms. The third kappa shape index (κ3) is 2.00. The molecule has 0 saturated carbocycles. The van der Waals surface area contributed by atoms with Crippen LogP contribution in [0.5, 0.6) is 0 Å². The molecule has 6 rings (SSSR count). The van der Waals surface area contributed by atoms with Gasteiger partial charge in [-0.3, -0.25) is 9.38 Å². The Kier molecular flexibility index (Phi) is 2.98. The Bertz CT molecular complexity index is 1540. The van der Waals surface area contributed by atoms with E-state index < -0.39 is 0 Å². The van der Waals surface area contributed by atoms with E-state index in [2.05, 4.69) is 53.6 Å². The fourth-order valence-electron chi connectivity index (χ4n) is 3.98. The molecule has 0 aliphatic rings. The van der Waals surface area contributed by atoms with E-state index in [4.69, 9.17) is 9.40 Å². The Morgan fingerprint density at radius 3 is 2.68 bits per heavy atom. The van der Waals surface area contributed by atoms with Gasteiger partial charge in [-0.25, -0.2) is 4.98 Å². The fraction of sp³-hybridized carbons (Fsp3) is 0.0833. The van der Waals surface area contributed by atoms with Crippen LogP contribution in [0.4, 0.5) is 0 Å². The van der Waals surface area contributed by atoms with Crippen LogP contribution >= 0.6 is 0 Å². The normalized spacial score (nSPS) is 11.9. The first kappa shape index (κ1) is 15.4. The first-order valence-corrected chi connectivity index (χ1v) is 9.36. The molecule has 0 fully saturated rings. The molecule has 0 spiro atoms. The molecule has 0 amide bonds.